The molecule has 3 rings (SSSR count). The van der Waals surface area contributed by atoms with E-state index in [1.54, 1.807) is 17.5 Å². The molecule has 0 aromatic carbocycles. The molecule has 142 valence electrons. The van der Waals surface area contributed by atoms with Gasteiger partial charge in [-0.3, -0.25) is 25.1 Å². The molecule has 2 aliphatic rings. The first-order valence-corrected chi connectivity index (χ1v) is 10.5. The zero-order valence-corrected chi connectivity index (χ0v) is 16.2. The third kappa shape index (κ3) is 5.10. The highest BCUT2D eigenvalue weighted by Crippen LogP contribution is 2.14. The van der Waals surface area contributed by atoms with Crippen LogP contribution in [0.3, 0.4) is 0 Å². The topological polar surface area (TPSA) is 115 Å². The number of amides is 3. The van der Waals surface area contributed by atoms with Crippen molar-refractivity contribution in [3.63, 3.8) is 0 Å². The first kappa shape index (κ1) is 19.4. The summed E-state index contributed by atoms with van der Waals surface area (Å²) in [4.78, 5) is 46.4. The molecule has 0 unspecified atom stereocenters. The molecule has 0 aliphatic carbocycles. The number of amidine groups is 2. The fourth-order valence-electron chi connectivity index (χ4n) is 2.72. The Balaban J connectivity index is 1.60. The maximum Gasteiger partial charge on any atom is 0.287 e. The largest absolute Gasteiger partial charge is 0.342 e. The molecule has 27 heavy (non-hydrogen) atoms. The van der Waals surface area contributed by atoms with Crippen LogP contribution in [0, 0.1) is 5.41 Å². The van der Waals surface area contributed by atoms with Gasteiger partial charge in [-0.05, 0) is 24.3 Å². The lowest BCUT2D eigenvalue weighted by molar-refractivity contribution is -0.128. The van der Waals surface area contributed by atoms with Crippen molar-refractivity contribution in [3.05, 3.63) is 22.4 Å². The highest BCUT2D eigenvalue weighted by atomic mass is 32.2. The fraction of sp³-hybridized carbons (Fsp3) is 0.412. The van der Waals surface area contributed by atoms with E-state index in [2.05, 4.69) is 15.3 Å². The Morgan fingerprint density at radius 3 is 2.67 bits per heavy atom. The second-order valence-corrected chi connectivity index (χ2v) is 7.96. The first-order valence-electron chi connectivity index (χ1n) is 8.60. The van der Waals surface area contributed by atoms with E-state index in [4.69, 9.17) is 5.41 Å². The van der Waals surface area contributed by atoms with Gasteiger partial charge in [0.2, 0.25) is 5.91 Å². The quantitative estimate of drug-likeness (QED) is 0.799. The van der Waals surface area contributed by atoms with Crippen molar-refractivity contribution < 1.29 is 14.4 Å². The molecule has 8 nitrogen and oxygen atoms in total. The van der Waals surface area contributed by atoms with Crippen LogP contribution in [0.5, 0.6) is 0 Å². The van der Waals surface area contributed by atoms with Gasteiger partial charge in [-0.25, -0.2) is 4.99 Å². The van der Waals surface area contributed by atoms with Crippen LogP contribution in [0.2, 0.25) is 0 Å². The SMILES string of the molecule is N=C1N=C(SCC(=O)N2CCCCCC2)NC(=O)C1=NC(=O)c1cccs1. The number of carbonyl (C=O) groups is 3. The molecule has 1 fully saturated rings. The number of carbonyl (C=O) groups excluding carboxylic acids is 3. The summed E-state index contributed by atoms with van der Waals surface area (Å²) in [7, 11) is 0. The van der Waals surface area contributed by atoms with Gasteiger partial charge in [0.05, 0.1) is 10.6 Å². The predicted molar refractivity (Wildman–Crippen MR) is 107 cm³/mol. The average Bonchev–Trinajstić information content (AvgIpc) is 3.05. The van der Waals surface area contributed by atoms with Crippen molar-refractivity contribution >= 4 is 57.5 Å². The van der Waals surface area contributed by atoms with Crippen molar-refractivity contribution in [2.45, 2.75) is 25.7 Å². The highest BCUT2D eigenvalue weighted by molar-refractivity contribution is 8.14. The zero-order valence-electron chi connectivity index (χ0n) is 14.6. The van der Waals surface area contributed by atoms with Gasteiger partial charge in [0.1, 0.15) is 0 Å². The summed E-state index contributed by atoms with van der Waals surface area (Å²) in [5.74, 6) is -1.48. The Morgan fingerprint density at radius 1 is 1.30 bits per heavy atom. The van der Waals surface area contributed by atoms with Crippen molar-refractivity contribution in [2.75, 3.05) is 18.8 Å². The van der Waals surface area contributed by atoms with Gasteiger partial charge in [0.25, 0.3) is 11.8 Å². The smallest absolute Gasteiger partial charge is 0.287 e. The molecule has 0 bridgehead atoms. The van der Waals surface area contributed by atoms with Gasteiger partial charge >= 0.3 is 0 Å². The molecule has 1 aromatic heterocycles. The summed E-state index contributed by atoms with van der Waals surface area (Å²) in [5, 5.41) is 12.3. The van der Waals surface area contributed by atoms with Crippen LogP contribution in [-0.4, -0.2) is 58.2 Å². The van der Waals surface area contributed by atoms with Crippen molar-refractivity contribution in [1.29, 1.82) is 5.41 Å². The van der Waals surface area contributed by atoms with Gasteiger partial charge in [0.15, 0.2) is 16.7 Å². The van der Waals surface area contributed by atoms with Gasteiger partial charge in [-0.1, -0.05) is 30.7 Å². The summed E-state index contributed by atoms with van der Waals surface area (Å²) in [6.07, 6.45) is 4.31. The molecule has 3 amide bonds. The maximum absolute atomic E-state index is 12.3. The third-order valence-electron chi connectivity index (χ3n) is 4.11. The van der Waals surface area contributed by atoms with Gasteiger partial charge < -0.3 is 4.90 Å². The van der Waals surface area contributed by atoms with E-state index in [1.807, 2.05) is 4.90 Å². The molecular formula is C17H19N5O3S2. The van der Waals surface area contributed by atoms with Crippen LogP contribution in [0.15, 0.2) is 27.5 Å². The summed E-state index contributed by atoms with van der Waals surface area (Å²) in [6.45, 7) is 1.52. The molecule has 1 aromatic rings. The van der Waals surface area contributed by atoms with Gasteiger partial charge in [-0.15, -0.1) is 11.3 Å². The number of nitrogens with zero attached hydrogens (tertiary/aromatic N) is 3. The van der Waals surface area contributed by atoms with Crippen LogP contribution in [0.1, 0.15) is 35.4 Å². The Labute approximate surface area is 164 Å². The molecule has 2 aliphatic heterocycles. The third-order valence-corrected chi connectivity index (χ3v) is 5.83. The number of nitrogens with one attached hydrogen (secondary N) is 2. The maximum atomic E-state index is 12.3. The van der Waals surface area contributed by atoms with E-state index in [0.29, 0.717) is 4.88 Å². The lowest BCUT2D eigenvalue weighted by Gasteiger charge is -2.20. The van der Waals surface area contributed by atoms with Crippen molar-refractivity contribution in [3.8, 4) is 0 Å². The average molecular weight is 406 g/mol. The van der Waals surface area contributed by atoms with Crippen LogP contribution < -0.4 is 5.32 Å². The van der Waals surface area contributed by atoms with Gasteiger partial charge in [0, 0.05) is 13.1 Å². The van der Waals surface area contributed by atoms with Gasteiger partial charge in [-0.2, -0.15) is 4.99 Å². The Hall–Kier alpha value is -2.33. The molecule has 0 atom stereocenters. The summed E-state index contributed by atoms with van der Waals surface area (Å²) < 4.78 is 0. The minimum absolute atomic E-state index is 0.00211. The number of hydrogen-bond donors (Lipinski definition) is 2. The van der Waals surface area contributed by atoms with E-state index >= 15 is 0 Å². The highest BCUT2D eigenvalue weighted by Gasteiger charge is 2.27. The van der Waals surface area contributed by atoms with E-state index in [0.717, 1.165) is 50.5 Å². The molecule has 2 N–H and O–H groups in total. The number of aliphatic imine (C=N–C) groups is 2. The van der Waals surface area contributed by atoms with E-state index < -0.39 is 11.8 Å². The second kappa shape index (κ2) is 9.05. The molecule has 3 heterocycles. The Bertz CT molecular complexity index is 809. The Morgan fingerprint density at radius 2 is 2.04 bits per heavy atom. The molecular weight excluding hydrogens is 386 g/mol. The molecule has 10 heteroatoms. The number of likely N-dealkylation sites (tertiary alicyclic amines) is 1. The van der Waals surface area contributed by atoms with Crippen LogP contribution in [-0.2, 0) is 9.59 Å². The van der Waals surface area contributed by atoms with Crippen LogP contribution >= 0.6 is 23.1 Å². The predicted octanol–water partition coefficient (Wildman–Crippen LogP) is 1.93. The second-order valence-electron chi connectivity index (χ2n) is 6.05. The lowest BCUT2D eigenvalue weighted by atomic mass is 10.2. The Kier molecular flexibility index (Phi) is 6.51. The number of thioether (sulfide) groups is 1. The molecule has 0 spiro atoms. The van der Waals surface area contributed by atoms with Crippen molar-refractivity contribution in [1.82, 2.24) is 10.2 Å². The monoisotopic (exact) mass is 405 g/mol. The van der Waals surface area contributed by atoms with Crippen molar-refractivity contribution in [2.24, 2.45) is 9.98 Å². The number of hydrogen-bond acceptors (Lipinski definition) is 6. The summed E-state index contributed by atoms with van der Waals surface area (Å²) in [6, 6.07) is 3.30. The van der Waals surface area contributed by atoms with E-state index in [9.17, 15) is 14.4 Å². The molecule has 0 radical (unpaired) electrons. The van der Waals surface area contributed by atoms with E-state index in [-0.39, 0.29) is 28.4 Å². The zero-order chi connectivity index (χ0) is 19.2. The molecule has 0 saturated carbocycles. The minimum atomic E-state index is -0.662. The lowest BCUT2D eigenvalue weighted by Crippen LogP contribution is -2.44. The number of thiophene rings is 1. The summed E-state index contributed by atoms with van der Waals surface area (Å²) in [5.41, 5.74) is -0.323. The standard InChI is InChI=1S/C17H19N5O3S2/c18-14-13(19-15(24)11-6-5-9-26-11)16(25)21-17(20-14)27-10-12(23)22-7-3-1-2-4-8-22/h5-6,9H,1-4,7-8,10H2,(H2,18,20,21,25). The normalized spacial score (nSPS) is 19.5. The van der Waals surface area contributed by atoms with Crippen LogP contribution in [0.4, 0.5) is 0 Å². The summed E-state index contributed by atoms with van der Waals surface area (Å²) >= 11 is 2.29. The minimum Gasteiger partial charge on any atom is -0.342 e. The van der Waals surface area contributed by atoms with E-state index in [1.165, 1.54) is 11.3 Å². The van der Waals surface area contributed by atoms with Crippen LogP contribution in [0.25, 0.3) is 0 Å². The number of rotatable bonds is 3. The first-order chi connectivity index (χ1) is 13.0. The fourth-order valence-corrected chi connectivity index (χ4v) is 4.09. The molecule has 1 saturated heterocycles.